The van der Waals surface area contributed by atoms with Crippen molar-refractivity contribution in [2.75, 3.05) is 0 Å². The second-order valence-corrected chi connectivity index (χ2v) is 7.37. The van der Waals surface area contributed by atoms with E-state index in [0.717, 1.165) is 11.3 Å². The number of sulfonamides is 1. The third-order valence-corrected chi connectivity index (χ3v) is 4.75. The van der Waals surface area contributed by atoms with Crippen LogP contribution in [0.4, 0.5) is 0 Å². The van der Waals surface area contributed by atoms with Crippen LogP contribution in [0.15, 0.2) is 11.0 Å². The predicted octanol–water partition coefficient (Wildman–Crippen LogP) is 2.02. The van der Waals surface area contributed by atoms with Crippen molar-refractivity contribution in [3.05, 3.63) is 14.7 Å². The van der Waals surface area contributed by atoms with E-state index in [4.69, 9.17) is 23.2 Å². The molecule has 0 aromatic carbocycles. The molecule has 0 saturated carbocycles. The summed E-state index contributed by atoms with van der Waals surface area (Å²) in [6, 6.07) is 1.22. The van der Waals surface area contributed by atoms with E-state index in [9.17, 15) is 13.2 Å². The van der Waals surface area contributed by atoms with Gasteiger partial charge in [0.25, 0.3) is 10.0 Å². The first kappa shape index (κ1) is 14.7. The maximum atomic E-state index is 11.7. The lowest BCUT2D eigenvalue weighted by Crippen LogP contribution is -2.43. The number of carbonyl (C=O) groups excluding carboxylic acids is 1. The van der Waals surface area contributed by atoms with Gasteiger partial charge in [-0.15, -0.1) is 16.2 Å². The Hall–Kier alpha value is -0.340. The molecule has 0 aliphatic carbocycles. The SMILES string of the molecule is CC(C)C(=O)NNS(=O)(=O)c1cc(Cl)sc1Cl. The minimum atomic E-state index is -3.89. The molecule has 1 aromatic rings. The van der Waals surface area contributed by atoms with E-state index in [0.29, 0.717) is 0 Å². The quantitative estimate of drug-likeness (QED) is 0.834. The molecule has 2 N–H and O–H groups in total. The molecule has 0 spiro atoms. The fourth-order valence-electron chi connectivity index (χ4n) is 0.825. The van der Waals surface area contributed by atoms with Crippen molar-refractivity contribution in [2.24, 2.45) is 5.92 Å². The number of rotatable bonds is 4. The van der Waals surface area contributed by atoms with Crippen LogP contribution >= 0.6 is 34.5 Å². The summed E-state index contributed by atoms with van der Waals surface area (Å²) in [5.74, 6) is -0.773. The highest BCUT2D eigenvalue weighted by atomic mass is 35.5. The number of nitrogens with one attached hydrogen (secondary N) is 2. The summed E-state index contributed by atoms with van der Waals surface area (Å²) >= 11 is 12.3. The van der Waals surface area contributed by atoms with E-state index in [2.05, 4.69) is 5.43 Å². The number of halogens is 2. The van der Waals surface area contributed by atoms with Crippen molar-refractivity contribution < 1.29 is 13.2 Å². The molecule has 1 aromatic heterocycles. The molecule has 0 radical (unpaired) electrons. The van der Waals surface area contributed by atoms with Gasteiger partial charge in [-0.25, -0.2) is 8.42 Å². The molecule has 0 unspecified atom stereocenters. The number of hydrogen-bond acceptors (Lipinski definition) is 4. The van der Waals surface area contributed by atoms with E-state index in [-0.39, 0.29) is 19.5 Å². The molecule has 96 valence electrons. The van der Waals surface area contributed by atoms with Gasteiger partial charge < -0.3 is 0 Å². The summed E-state index contributed by atoms with van der Waals surface area (Å²) in [6.07, 6.45) is 0. The second-order valence-electron chi connectivity index (χ2n) is 3.44. The highest BCUT2D eigenvalue weighted by Gasteiger charge is 2.21. The fraction of sp³-hybridized carbons (Fsp3) is 0.375. The van der Waals surface area contributed by atoms with Crippen LogP contribution in [-0.2, 0) is 14.8 Å². The molecule has 5 nitrogen and oxygen atoms in total. The van der Waals surface area contributed by atoms with Gasteiger partial charge in [0.2, 0.25) is 5.91 Å². The number of thiophene rings is 1. The summed E-state index contributed by atoms with van der Waals surface area (Å²) in [5.41, 5.74) is 2.08. The lowest BCUT2D eigenvalue weighted by atomic mass is 10.2. The molecule has 0 atom stereocenters. The van der Waals surface area contributed by atoms with Crippen molar-refractivity contribution in [2.45, 2.75) is 18.7 Å². The Morgan fingerprint density at radius 3 is 2.41 bits per heavy atom. The standard InChI is InChI=1S/C8H10Cl2N2O3S2/c1-4(2)8(13)11-12-17(14,15)5-3-6(9)16-7(5)10/h3-4,12H,1-2H3,(H,11,13). The second kappa shape index (κ2) is 5.53. The average molecular weight is 317 g/mol. The van der Waals surface area contributed by atoms with Crippen LogP contribution in [0.1, 0.15) is 13.8 Å². The zero-order valence-electron chi connectivity index (χ0n) is 8.95. The monoisotopic (exact) mass is 316 g/mol. The van der Waals surface area contributed by atoms with E-state index >= 15 is 0 Å². The van der Waals surface area contributed by atoms with Gasteiger partial charge in [-0.1, -0.05) is 37.0 Å². The number of hydrogen-bond donors (Lipinski definition) is 2. The summed E-state index contributed by atoms with van der Waals surface area (Å²) < 4.78 is 23.8. The molecule has 0 saturated heterocycles. The van der Waals surface area contributed by atoms with Gasteiger partial charge in [-0.05, 0) is 6.07 Å². The minimum Gasteiger partial charge on any atom is -0.277 e. The number of carbonyl (C=O) groups is 1. The number of hydrazine groups is 1. The maximum absolute atomic E-state index is 11.7. The Bertz CT molecular complexity index is 525. The van der Waals surface area contributed by atoms with Gasteiger partial charge in [0.15, 0.2) is 0 Å². The first-order valence-corrected chi connectivity index (χ1v) is 7.56. The Kier molecular flexibility index (Phi) is 4.79. The molecule has 0 aliphatic heterocycles. The van der Waals surface area contributed by atoms with Crippen LogP contribution in [0, 0.1) is 5.92 Å². The van der Waals surface area contributed by atoms with Crippen molar-refractivity contribution in [1.29, 1.82) is 0 Å². The zero-order valence-corrected chi connectivity index (χ0v) is 12.1. The maximum Gasteiger partial charge on any atom is 0.259 e. The van der Waals surface area contributed by atoms with Gasteiger partial charge in [0, 0.05) is 5.92 Å². The van der Waals surface area contributed by atoms with E-state index in [1.165, 1.54) is 6.07 Å². The van der Waals surface area contributed by atoms with Gasteiger partial charge in [0.05, 0.1) is 4.34 Å². The van der Waals surface area contributed by atoms with Crippen molar-refractivity contribution in [3.63, 3.8) is 0 Å². The Balaban J connectivity index is 2.83. The Morgan fingerprint density at radius 2 is 2.00 bits per heavy atom. The van der Waals surface area contributed by atoms with Crippen molar-refractivity contribution in [3.8, 4) is 0 Å². The highest BCUT2D eigenvalue weighted by Crippen LogP contribution is 2.33. The Labute approximate surface area is 113 Å². The average Bonchev–Trinajstić information content (AvgIpc) is 2.55. The molecule has 0 bridgehead atoms. The smallest absolute Gasteiger partial charge is 0.259 e. The molecule has 1 heterocycles. The van der Waals surface area contributed by atoms with Crippen LogP contribution < -0.4 is 10.3 Å². The molecule has 0 fully saturated rings. The summed E-state index contributed by atoms with van der Waals surface area (Å²) in [6.45, 7) is 3.27. The molecule has 1 amide bonds. The summed E-state index contributed by atoms with van der Waals surface area (Å²) in [5, 5.41) is 0. The van der Waals surface area contributed by atoms with Gasteiger partial charge in [-0.2, -0.15) is 0 Å². The van der Waals surface area contributed by atoms with Crippen LogP contribution in [0.5, 0.6) is 0 Å². The zero-order chi connectivity index (χ0) is 13.2. The lowest BCUT2D eigenvalue weighted by molar-refractivity contribution is -0.124. The molecule has 9 heteroatoms. The first-order valence-electron chi connectivity index (χ1n) is 4.50. The van der Waals surface area contributed by atoms with Crippen LogP contribution in [0.3, 0.4) is 0 Å². The van der Waals surface area contributed by atoms with E-state index in [1.54, 1.807) is 13.8 Å². The van der Waals surface area contributed by atoms with Gasteiger partial charge in [0.1, 0.15) is 9.23 Å². The summed E-state index contributed by atoms with van der Waals surface area (Å²) in [7, 11) is -3.89. The normalized spacial score (nSPS) is 11.8. The largest absolute Gasteiger partial charge is 0.277 e. The predicted molar refractivity (Wildman–Crippen MR) is 67.6 cm³/mol. The van der Waals surface area contributed by atoms with Crippen molar-refractivity contribution >= 4 is 50.5 Å². The molecule has 17 heavy (non-hydrogen) atoms. The van der Waals surface area contributed by atoms with Gasteiger partial charge in [-0.3, -0.25) is 10.2 Å². The Morgan fingerprint density at radius 1 is 1.41 bits per heavy atom. The third-order valence-electron chi connectivity index (χ3n) is 1.75. The van der Waals surface area contributed by atoms with Gasteiger partial charge >= 0.3 is 0 Å². The highest BCUT2D eigenvalue weighted by molar-refractivity contribution is 7.89. The summed E-state index contributed by atoms with van der Waals surface area (Å²) in [4.78, 5) is 13.0. The van der Waals surface area contributed by atoms with Crippen LogP contribution in [-0.4, -0.2) is 14.3 Å². The van der Waals surface area contributed by atoms with Crippen LogP contribution in [0.25, 0.3) is 0 Å². The first-order chi connectivity index (χ1) is 7.74. The molecule has 1 rings (SSSR count). The van der Waals surface area contributed by atoms with E-state index < -0.39 is 15.9 Å². The molecular weight excluding hydrogens is 307 g/mol. The van der Waals surface area contributed by atoms with Crippen LogP contribution in [0.2, 0.25) is 8.67 Å². The third kappa shape index (κ3) is 3.82. The lowest BCUT2D eigenvalue weighted by Gasteiger charge is -2.09. The fourth-order valence-corrected chi connectivity index (χ4v) is 3.82. The molecular formula is C8H10Cl2N2O3S2. The van der Waals surface area contributed by atoms with E-state index in [1.807, 2.05) is 4.83 Å². The minimum absolute atomic E-state index is 0.0429. The van der Waals surface area contributed by atoms with Crippen molar-refractivity contribution in [1.82, 2.24) is 10.3 Å². The molecule has 0 aliphatic rings. The topological polar surface area (TPSA) is 75.3 Å². The number of amides is 1.